The van der Waals surface area contributed by atoms with E-state index in [0.717, 1.165) is 31.2 Å². The van der Waals surface area contributed by atoms with Gasteiger partial charge in [-0.15, -0.1) is 0 Å². The van der Waals surface area contributed by atoms with Crippen molar-refractivity contribution >= 4 is 0 Å². The number of hydrogen-bond acceptors (Lipinski definition) is 3. The maximum absolute atomic E-state index is 6.06. The Bertz CT molecular complexity index is 671. The Morgan fingerprint density at radius 2 is 2.04 bits per heavy atom. The molecule has 3 heteroatoms. The minimum atomic E-state index is 0.462. The Hall–Kier alpha value is -2.00. The number of fused-ring (bicyclic) bond motifs is 3. The lowest BCUT2D eigenvalue weighted by Gasteiger charge is -2.44. The van der Waals surface area contributed by atoms with Crippen molar-refractivity contribution < 1.29 is 9.47 Å². The zero-order chi connectivity index (χ0) is 15.6. The van der Waals surface area contributed by atoms with Crippen LogP contribution < -0.4 is 9.47 Å². The van der Waals surface area contributed by atoms with Crippen molar-refractivity contribution in [2.75, 3.05) is 20.3 Å². The quantitative estimate of drug-likeness (QED) is 0.860. The number of piperidine rings is 1. The van der Waals surface area contributed by atoms with Gasteiger partial charge in [-0.05, 0) is 43.1 Å². The Balaban J connectivity index is 1.60. The van der Waals surface area contributed by atoms with Crippen LogP contribution in [0, 0.1) is 0 Å². The molecule has 3 nitrogen and oxygen atoms in total. The number of rotatable bonds is 3. The molecule has 2 aromatic carbocycles. The van der Waals surface area contributed by atoms with Crippen LogP contribution in [0.3, 0.4) is 0 Å². The van der Waals surface area contributed by atoms with Gasteiger partial charge in [-0.25, -0.2) is 0 Å². The monoisotopic (exact) mass is 309 g/mol. The summed E-state index contributed by atoms with van der Waals surface area (Å²) >= 11 is 0. The summed E-state index contributed by atoms with van der Waals surface area (Å²) in [7, 11) is 1.73. The molecule has 0 saturated carbocycles. The van der Waals surface area contributed by atoms with Crippen LogP contribution in [0.5, 0.6) is 11.5 Å². The average Bonchev–Trinajstić information content (AvgIpc) is 2.62. The summed E-state index contributed by atoms with van der Waals surface area (Å²) in [6.45, 7) is 2.94. The summed E-state index contributed by atoms with van der Waals surface area (Å²) in [6, 6.07) is 17.4. The van der Waals surface area contributed by atoms with Crippen molar-refractivity contribution in [3.63, 3.8) is 0 Å². The second-order valence-electron chi connectivity index (χ2n) is 6.49. The molecule has 0 amide bonds. The molecule has 2 aliphatic heterocycles. The standard InChI is InChI=1S/C20H23NO2/c1-22-16-9-10-20-18(12-16)17-8-5-11-21(19(17)14-23-20)13-15-6-3-2-4-7-15/h2-4,6-7,9-10,12,17,19H,5,8,11,13-14H2,1H3/t17-,19-/m1/s1. The number of methoxy groups -OCH3 is 1. The molecule has 23 heavy (non-hydrogen) atoms. The van der Waals surface area contributed by atoms with Crippen molar-refractivity contribution in [1.82, 2.24) is 4.90 Å². The second kappa shape index (κ2) is 6.25. The zero-order valence-electron chi connectivity index (χ0n) is 13.6. The molecule has 2 atom stereocenters. The molecule has 120 valence electrons. The van der Waals surface area contributed by atoms with E-state index in [1.807, 2.05) is 6.07 Å². The Labute approximate surface area is 137 Å². The van der Waals surface area contributed by atoms with Crippen LogP contribution in [0.1, 0.15) is 29.9 Å². The summed E-state index contributed by atoms with van der Waals surface area (Å²) in [6.07, 6.45) is 2.48. The molecule has 1 saturated heterocycles. The van der Waals surface area contributed by atoms with Crippen molar-refractivity contribution in [3.8, 4) is 11.5 Å². The Morgan fingerprint density at radius 3 is 2.87 bits per heavy atom. The molecule has 0 spiro atoms. The molecule has 0 unspecified atom stereocenters. The molecule has 2 aromatic rings. The van der Waals surface area contributed by atoms with Crippen molar-refractivity contribution in [3.05, 3.63) is 59.7 Å². The van der Waals surface area contributed by atoms with Crippen LogP contribution in [0.4, 0.5) is 0 Å². The highest BCUT2D eigenvalue weighted by molar-refractivity contribution is 5.45. The van der Waals surface area contributed by atoms with E-state index in [1.54, 1.807) is 7.11 Å². The van der Waals surface area contributed by atoms with Crippen LogP contribution >= 0.6 is 0 Å². The molecule has 2 aliphatic rings. The lowest BCUT2D eigenvalue weighted by Crippen LogP contribution is -2.48. The molecule has 0 bridgehead atoms. The fourth-order valence-electron chi connectivity index (χ4n) is 3.98. The van der Waals surface area contributed by atoms with Crippen LogP contribution in [0.2, 0.25) is 0 Å². The van der Waals surface area contributed by atoms with Crippen molar-refractivity contribution in [1.29, 1.82) is 0 Å². The largest absolute Gasteiger partial charge is 0.497 e. The number of nitrogens with zero attached hydrogens (tertiary/aromatic N) is 1. The molecule has 0 N–H and O–H groups in total. The summed E-state index contributed by atoms with van der Waals surface area (Å²) in [5.41, 5.74) is 2.70. The fourth-order valence-corrected chi connectivity index (χ4v) is 3.98. The fraction of sp³-hybridized carbons (Fsp3) is 0.400. The Morgan fingerprint density at radius 1 is 1.17 bits per heavy atom. The normalized spacial score (nSPS) is 23.5. The van der Waals surface area contributed by atoms with E-state index in [1.165, 1.54) is 24.0 Å². The molecular weight excluding hydrogens is 286 g/mol. The van der Waals surface area contributed by atoms with E-state index in [9.17, 15) is 0 Å². The van der Waals surface area contributed by atoms with E-state index in [2.05, 4.69) is 47.4 Å². The van der Waals surface area contributed by atoms with E-state index >= 15 is 0 Å². The Kier molecular flexibility index (Phi) is 3.96. The molecule has 2 heterocycles. The maximum Gasteiger partial charge on any atom is 0.123 e. The highest BCUT2D eigenvalue weighted by Gasteiger charge is 2.37. The van der Waals surface area contributed by atoms with Gasteiger partial charge in [-0.1, -0.05) is 30.3 Å². The molecule has 1 fully saturated rings. The first-order valence-corrected chi connectivity index (χ1v) is 8.44. The van der Waals surface area contributed by atoms with Gasteiger partial charge in [0.05, 0.1) is 13.2 Å². The van der Waals surface area contributed by atoms with Gasteiger partial charge in [0.2, 0.25) is 0 Å². The van der Waals surface area contributed by atoms with Crippen LogP contribution in [0.15, 0.2) is 48.5 Å². The van der Waals surface area contributed by atoms with E-state index < -0.39 is 0 Å². The SMILES string of the molecule is COc1ccc2c(c1)[C@H]1CCCN(Cc3ccccc3)[C@@H]1CO2. The van der Waals surface area contributed by atoms with Crippen LogP contribution in [0.25, 0.3) is 0 Å². The smallest absolute Gasteiger partial charge is 0.123 e. The second-order valence-corrected chi connectivity index (χ2v) is 6.49. The van der Waals surface area contributed by atoms with Gasteiger partial charge in [-0.3, -0.25) is 4.90 Å². The van der Waals surface area contributed by atoms with E-state index in [-0.39, 0.29) is 0 Å². The van der Waals surface area contributed by atoms with E-state index in [4.69, 9.17) is 9.47 Å². The number of benzene rings is 2. The predicted octanol–water partition coefficient (Wildman–Crippen LogP) is 3.84. The van der Waals surface area contributed by atoms with Gasteiger partial charge in [0.25, 0.3) is 0 Å². The predicted molar refractivity (Wildman–Crippen MR) is 91.1 cm³/mol. The van der Waals surface area contributed by atoms with Crippen molar-refractivity contribution in [2.45, 2.75) is 31.3 Å². The summed E-state index contributed by atoms with van der Waals surface area (Å²) in [5.74, 6) is 2.51. The highest BCUT2D eigenvalue weighted by Crippen LogP contribution is 2.42. The van der Waals surface area contributed by atoms with Crippen molar-refractivity contribution in [2.24, 2.45) is 0 Å². The number of hydrogen-bond donors (Lipinski definition) is 0. The van der Waals surface area contributed by atoms with Gasteiger partial charge in [-0.2, -0.15) is 0 Å². The lowest BCUT2D eigenvalue weighted by atomic mass is 9.81. The minimum absolute atomic E-state index is 0.462. The minimum Gasteiger partial charge on any atom is -0.497 e. The van der Waals surface area contributed by atoms with Crippen LogP contribution in [-0.2, 0) is 6.54 Å². The third kappa shape index (κ3) is 2.81. The highest BCUT2D eigenvalue weighted by atomic mass is 16.5. The average molecular weight is 309 g/mol. The van der Waals surface area contributed by atoms with Gasteiger partial charge in [0, 0.05) is 18.0 Å². The molecule has 0 radical (unpaired) electrons. The summed E-state index contributed by atoms with van der Waals surface area (Å²) in [4.78, 5) is 2.59. The molecule has 0 aromatic heterocycles. The van der Waals surface area contributed by atoms with Crippen LogP contribution in [-0.4, -0.2) is 31.2 Å². The van der Waals surface area contributed by atoms with E-state index in [0.29, 0.717) is 12.0 Å². The lowest BCUT2D eigenvalue weighted by molar-refractivity contribution is 0.0598. The summed E-state index contributed by atoms with van der Waals surface area (Å²) in [5, 5.41) is 0. The first-order chi connectivity index (χ1) is 11.3. The molecular formula is C20H23NO2. The molecule has 4 rings (SSSR count). The summed E-state index contributed by atoms with van der Waals surface area (Å²) < 4.78 is 11.5. The first-order valence-electron chi connectivity index (χ1n) is 8.44. The van der Waals surface area contributed by atoms with Gasteiger partial charge in [0.1, 0.15) is 18.1 Å². The third-order valence-electron chi connectivity index (χ3n) is 5.15. The van der Waals surface area contributed by atoms with Gasteiger partial charge < -0.3 is 9.47 Å². The zero-order valence-corrected chi connectivity index (χ0v) is 13.6. The topological polar surface area (TPSA) is 21.7 Å². The maximum atomic E-state index is 6.06. The molecule has 0 aliphatic carbocycles. The number of ether oxygens (including phenoxy) is 2. The third-order valence-corrected chi connectivity index (χ3v) is 5.15. The number of likely N-dealkylation sites (tertiary alicyclic amines) is 1. The van der Waals surface area contributed by atoms with Gasteiger partial charge >= 0.3 is 0 Å². The van der Waals surface area contributed by atoms with Gasteiger partial charge in [0.15, 0.2) is 0 Å². The first kappa shape index (κ1) is 14.6.